The summed E-state index contributed by atoms with van der Waals surface area (Å²) in [5.41, 5.74) is 1.65. The van der Waals surface area contributed by atoms with Crippen LogP contribution < -0.4 is 5.32 Å². The molecule has 160 valence electrons. The third-order valence-electron chi connectivity index (χ3n) is 4.42. The summed E-state index contributed by atoms with van der Waals surface area (Å²) in [5, 5.41) is 8.80. The minimum Gasteiger partial charge on any atom is -0.450 e. The molecule has 0 saturated heterocycles. The standard InChI is InChI=1S/C23H18N4O4S/c1-15(28)16-7-5-8-17(13-16)24-20(29)14-31-23(30)21-25-22(19-11-6-12-32-19)27(26-21)18-9-3-2-4-10-18/h2-13H,14H2,1H3,(H,24,29). The zero-order valence-electron chi connectivity index (χ0n) is 17.0. The Balaban J connectivity index is 1.47. The Labute approximate surface area is 187 Å². The lowest BCUT2D eigenvalue weighted by Crippen LogP contribution is -2.21. The number of carbonyl (C=O) groups is 3. The summed E-state index contributed by atoms with van der Waals surface area (Å²) in [6, 6.07) is 19.6. The molecule has 1 N–H and O–H groups in total. The summed E-state index contributed by atoms with van der Waals surface area (Å²) in [6.07, 6.45) is 0. The van der Waals surface area contributed by atoms with E-state index >= 15 is 0 Å². The third-order valence-corrected chi connectivity index (χ3v) is 5.29. The monoisotopic (exact) mass is 446 g/mol. The van der Waals surface area contributed by atoms with Crippen LogP contribution >= 0.6 is 11.3 Å². The molecule has 0 aliphatic heterocycles. The minimum atomic E-state index is -0.815. The van der Waals surface area contributed by atoms with Crippen molar-refractivity contribution < 1.29 is 19.1 Å². The Kier molecular flexibility index (Phi) is 6.18. The Morgan fingerprint density at radius 2 is 1.84 bits per heavy atom. The molecule has 9 heteroatoms. The minimum absolute atomic E-state index is 0.117. The maximum atomic E-state index is 12.5. The molecule has 0 bridgehead atoms. The predicted octanol–water partition coefficient (Wildman–Crippen LogP) is 3.99. The molecule has 0 aliphatic carbocycles. The van der Waals surface area contributed by atoms with E-state index in [4.69, 9.17) is 4.74 Å². The smallest absolute Gasteiger partial charge is 0.378 e. The van der Waals surface area contributed by atoms with Gasteiger partial charge in [-0.1, -0.05) is 36.4 Å². The van der Waals surface area contributed by atoms with Crippen molar-refractivity contribution in [3.8, 4) is 16.4 Å². The van der Waals surface area contributed by atoms with Crippen LogP contribution in [0.25, 0.3) is 16.4 Å². The second-order valence-electron chi connectivity index (χ2n) is 6.74. The van der Waals surface area contributed by atoms with Gasteiger partial charge in [0.1, 0.15) is 0 Å². The van der Waals surface area contributed by atoms with E-state index in [9.17, 15) is 14.4 Å². The molecule has 4 rings (SSSR count). The van der Waals surface area contributed by atoms with Crippen LogP contribution in [0.5, 0.6) is 0 Å². The second-order valence-corrected chi connectivity index (χ2v) is 7.69. The number of anilines is 1. The molecule has 0 atom stereocenters. The number of ketones is 1. The number of hydrogen-bond acceptors (Lipinski definition) is 7. The van der Waals surface area contributed by atoms with Crippen molar-refractivity contribution in [2.24, 2.45) is 0 Å². The Morgan fingerprint density at radius 3 is 2.56 bits per heavy atom. The Hall–Kier alpha value is -4.11. The topological polar surface area (TPSA) is 103 Å². The van der Waals surface area contributed by atoms with E-state index in [0.29, 0.717) is 17.1 Å². The van der Waals surface area contributed by atoms with Gasteiger partial charge in [-0.05, 0) is 42.6 Å². The van der Waals surface area contributed by atoms with E-state index in [2.05, 4.69) is 15.4 Å². The molecule has 2 aromatic carbocycles. The van der Waals surface area contributed by atoms with Gasteiger partial charge in [0.05, 0.1) is 10.6 Å². The number of Topliss-reactive ketones (excluding diaryl/α,β-unsaturated/α-hetero) is 1. The summed E-state index contributed by atoms with van der Waals surface area (Å²) >= 11 is 1.47. The molecular weight excluding hydrogens is 428 g/mol. The van der Waals surface area contributed by atoms with Gasteiger partial charge in [0.15, 0.2) is 18.2 Å². The summed E-state index contributed by atoms with van der Waals surface area (Å²) in [7, 11) is 0. The van der Waals surface area contributed by atoms with Crippen molar-refractivity contribution in [3.05, 3.63) is 83.5 Å². The predicted molar refractivity (Wildman–Crippen MR) is 120 cm³/mol. The maximum absolute atomic E-state index is 12.5. The number of ether oxygens (including phenoxy) is 1. The lowest BCUT2D eigenvalue weighted by molar-refractivity contribution is -0.119. The highest BCUT2D eigenvalue weighted by Crippen LogP contribution is 2.25. The van der Waals surface area contributed by atoms with Crippen LogP contribution in [0.15, 0.2) is 72.1 Å². The van der Waals surface area contributed by atoms with Gasteiger partial charge in [-0.25, -0.2) is 9.48 Å². The zero-order valence-corrected chi connectivity index (χ0v) is 17.8. The number of nitrogens with zero attached hydrogens (tertiary/aromatic N) is 3. The lowest BCUT2D eigenvalue weighted by atomic mass is 10.1. The van der Waals surface area contributed by atoms with Crippen molar-refractivity contribution in [3.63, 3.8) is 0 Å². The van der Waals surface area contributed by atoms with Gasteiger partial charge in [-0.15, -0.1) is 16.4 Å². The molecule has 2 aromatic heterocycles. The van der Waals surface area contributed by atoms with Crippen LogP contribution in [0.2, 0.25) is 0 Å². The Bertz CT molecular complexity index is 1270. The summed E-state index contributed by atoms with van der Waals surface area (Å²) in [6.45, 7) is 0.923. The van der Waals surface area contributed by atoms with E-state index in [0.717, 1.165) is 10.6 Å². The molecule has 0 radical (unpaired) electrons. The van der Waals surface area contributed by atoms with Crippen molar-refractivity contribution in [1.29, 1.82) is 0 Å². The molecular formula is C23H18N4O4S. The highest BCUT2D eigenvalue weighted by atomic mass is 32.1. The summed E-state index contributed by atoms with van der Waals surface area (Å²) < 4.78 is 6.67. The summed E-state index contributed by atoms with van der Waals surface area (Å²) in [4.78, 5) is 41.4. The fraction of sp³-hybridized carbons (Fsp3) is 0.0870. The van der Waals surface area contributed by atoms with Crippen LogP contribution in [0.3, 0.4) is 0 Å². The van der Waals surface area contributed by atoms with Crippen molar-refractivity contribution in [2.75, 3.05) is 11.9 Å². The molecule has 1 amide bonds. The molecule has 0 unspecified atom stereocenters. The average molecular weight is 446 g/mol. The van der Waals surface area contributed by atoms with E-state index in [-0.39, 0.29) is 11.6 Å². The van der Waals surface area contributed by atoms with Gasteiger partial charge < -0.3 is 10.1 Å². The molecule has 32 heavy (non-hydrogen) atoms. The van der Waals surface area contributed by atoms with E-state index in [1.54, 1.807) is 28.9 Å². The first kappa shape index (κ1) is 21.1. The first-order chi connectivity index (χ1) is 15.5. The number of para-hydroxylation sites is 1. The van der Waals surface area contributed by atoms with Gasteiger partial charge in [0.2, 0.25) is 0 Å². The third kappa shape index (κ3) is 4.79. The molecule has 0 fully saturated rings. The van der Waals surface area contributed by atoms with Crippen LogP contribution in [0, 0.1) is 0 Å². The number of carbonyl (C=O) groups excluding carboxylic acids is 3. The number of aromatic nitrogens is 3. The fourth-order valence-electron chi connectivity index (χ4n) is 2.92. The number of hydrogen-bond donors (Lipinski definition) is 1. The maximum Gasteiger partial charge on any atom is 0.378 e. The molecule has 2 heterocycles. The number of thiophene rings is 1. The fourth-order valence-corrected chi connectivity index (χ4v) is 3.62. The van der Waals surface area contributed by atoms with E-state index in [1.807, 2.05) is 47.8 Å². The van der Waals surface area contributed by atoms with Crippen molar-refractivity contribution in [2.45, 2.75) is 6.92 Å². The number of benzene rings is 2. The number of esters is 1. The quantitative estimate of drug-likeness (QED) is 0.340. The Morgan fingerprint density at radius 1 is 1.03 bits per heavy atom. The van der Waals surface area contributed by atoms with Crippen molar-refractivity contribution in [1.82, 2.24) is 14.8 Å². The number of nitrogens with one attached hydrogen (secondary N) is 1. The molecule has 0 spiro atoms. The van der Waals surface area contributed by atoms with Gasteiger partial charge in [-0.2, -0.15) is 4.98 Å². The zero-order chi connectivity index (χ0) is 22.5. The van der Waals surface area contributed by atoms with Gasteiger partial charge >= 0.3 is 5.97 Å². The number of rotatable bonds is 7. The highest BCUT2D eigenvalue weighted by molar-refractivity contribution is 7.13. The van der Waals surface area contributed by atoms with Gasteiger partial charge in [0, 0.05) is 11.3 Å². The largest absolute Gasteiger partial charge is 0.450 e. The molecule has 0 aliphatic rings. The number of amides is 1. The van der Waals surface area contributed by atoms with Crippen LogP contribution in [-0.2, 0) is 9.53 Å². The molecule has 8 nitrogen and oxygen atoms in total. The van der Waals surface area contributed by atoms with Crippen LogP contribution in [-0.4, -0.2) is 39.0 Å². The van der Waals surface area contributed by atoms with Crippen molar-refractivity contribution >= 4 is 34.7 Å². The normalized spacial score (nSPS) is 10.5. The van der Waals surface area contributed by atoms with Gasteiger partial charge in [0.25, 0.3) is 11.7 Å². The van der Waals surface area contributed by atoms with Gasteiger partial charge in [-0.3, -0.25) is 9.59 Å². The van der Waals surface area contributed by atoms with E-state index in [1.165, 1.54) is 18.3 Å². The second kappa shape index (κ2) is 9.36. The first-order valence-electron chi connectivity index (χ1n) is 9.65. The molecule has 0 saturated carbocycles. The highest BCUT2D eigenvalue weighted by Gasteiger charge is 2.21. The average Bonchev–Trinajstić information content (AvgIpc) is 3.48. The van der Waals surface area contributed by atoms with Crippen LogP contribution in [0.1, 0.15) is 27.9 Å². The van der Waals surface area contributed by atoms with Crippen LogP contribution in [0.4, 0.5) is 5.69 Å². The lowest BCUT2D eigenvalue weighted by Gasteiger charge is -2.06. The first-order valence-corrected chi connectivity index (χ1v) is 10.5. The SMILES string of the molecule is CC(=O)c1cccc(NC(=O)COC(=O)c2nc(-c3cccs3)n(-c3ccccc3)n2)c1. The molecule has 4 aromatic rings. The summed E-state index contributed by atoms with van der Waals surface area (Å²) in [5.74, 6) is -1.12. The van der Waals surface area contributed by atoms with E-state index < -0.39 is 18.5 Å².